The quantitative estimate of drug-likeness (QED) is 0.599. The van der Waals surface area contributed by atoms with Crippen LogP contribution in [-0.4, -0.2) is 18.9 Å². The molecular formula is C12H13ClO3. The van der Waals surface area contributed by atoms with Crippen molar-refractivity contribution in [2.45, 2.75) is 13.3 Å². The van der Waals surface area contributed by atoms with Gasteiger partial charge in [0.1, 0.15) is 11.7 Å². The molecule has 1 aromatic rings. The van der Waals surface area contributed by atoms with Gasteiger partial charge in [-0.1, -0.05) is 29.8 Å². The fourth-order valence-electron chi connectivity index (χ4n) is 1.42. The second-order valence-corrected chi connectivity index (χ2v) is 3.89. The van der Waals surface area contributed by atoms with E-state index in [1.807, 2.05) is 6.07 Å². The standard InChI is InChI=1S/C12H13ClO3/c1-8(14)10(12(15)16-2)7-9-5-3-4-6-11(9)13/h3-6,10H,7H2,1-2H3. The van der Waals surface area contributed by atoms with Crippen LogP contribution in [0.2, 0.25) is 5.02 Å². The number of hydrogen-bond acceptors (Lipinski definition) is 3. The van der Waals surface area contributed by atoms with Crippen LogP contribution in [0.3, 0.4) is 0 Å². The first kappa shape index (κ1) is 12.7. The van der Waals surface area contributed by atoms with Crippen molar-refractivity contribution in [1.29, 1.82) is 0 Å². The van der Waals surface area contributed by atoms with E-state index in [0.29, 0.717) is 5.02 Å². The molecule has 16 heavy (non-hydrogen) atoms. The average molecular weight is 241 g/mol. The minimum atomic E-state index is -0.773. The molecule has 4 heteroatoms. The molecule has 0 spiro atoms. The lowest BCUT2D eigenvalue weighted by atomic mass is 9.96. The fraction of sp³-hybridized carbons (Fsp3) is 0.333. The Labute approximate surface area is 99.4 Å². The van der Waals surface area contributed by atoms with Crippen molar-refractivity contribution in [3.8, 4) is 0 Å². The molecule has 0 bridgehead atoms. The van der Waals surface area contributed by atoms with E-state index < -0.39 is 11.9 Å². The van der Waals surface area contributed by atoms with Gasteiger partial charge < -0.3 is 4.74 Å². The predicted molar refractivity (Wildman–Crippen MR) is 61.3 cm³/mol. The topological polar surface area (TPSA) is 43.4 Å². The molecule has 0 radical (unpaired) electrons. The molecule has 0 aromatic heterocycles. The maximum atomic E-state index is 11.4. The Kier molecular flexibility index (Phi) is 4.50. The van der Waals surface area contributed by atoms with Crippen molar-refractivity contribution in [1.82, 2.24) is 0 Å². The molecule has 1 rings (SSSR count). The van der Waals surface area contributed by atoms with Crippen molar-refractivity contribution in [3.05, 3.63) is 34.9 Å². The number of halogens is 1. The molecule has 0 aliphatic carbocycles. The number of Topliss-reactive ketones (excluding diaryl/α,β-unsaturated/α-hetero) is 1. The van der Waals surface area contributed by atoms with E-state index in [4.69, 9.17) is 11.6 Å². The Balaban J connectivity index is 2.88. The lowest BCUT2D eigenvalue weighted by molar-refractivity contribution is -0.148. The Hall–Kier alpha value is -1.35. The Morgan fingerprint density at radius 1 is 1.38 bits per heavy atom. The third kappa shape index (κ3) is 3.07. The number of hydrogen-bond donors (Lipinski definition) is 0. The first-order valence-corrected chi connectivity index (χ1v) is 5.25. The van der Waals surface area contributed by atoms with Gasteiger partial charge in [-0.2, -0.15) is 0 Å². The lowest BCUT2D eigenvalue weighted by Crippen LogP contribution is -2.25. The Morgan fingerprint density at radius 3 is 2.50 bits per heavy atom. The van der Waals surface area contributed by atoms with Crippen LogP contribution in [0.4, 0.5) is 0 Å². The summed E-state index contributed by atoms with van der Waals surface area (Å²) in [6, 6.07) is 7.13. The highest BCUT2D eigenvalue weighted by Gasteiger charge is 2.25. The van der Waals surface area contributed by atoms with Crippen LogP contribution in [0.25, 0.3) is 0 Å². The van der Waals surface area contributed by atoms with Gasteiger partial charge in [0, 0.05) is 5.02 Å². The number of benzene rings is 1. The van der Waals surface area contributed by atoms with E-state index in [9.17, 15) is 9.59 Å². The summed E-state index contributed by atoms with van der Waals surface area (Å²) >= 11 is 5.96. The molecule has 0 heterocycles. The molecule has 0 saturated heterocycles. The van der Waals surface area contributed by atoms with Gasteiger partial charge in [-0.25, -0.2) is 0 Å². The molecule has 0 aliphatic heterocycles. The minimum absolute atomic E-state index is 0.216. The van der Waals surface area contributed by atoms with Crippen molar-refractivity contribution >= 4 is 23.4 Å². The van der Waals surface area contributed by atoms with Crippen LogP contribution < -0.4 is 0 Å². The molecule has 0 N–H and O–H groups in total. The summed E-state index contributed by atoms with van der Waals surface area (Å²) in [4.78, 5) is 22.7. The third-order valence-corrected chi connectivity index (χ3v) is 2.73. The summed E-state index contributed by atoms with van der Waals surface area (Å²) < 4.78 is 4.58. The molecule has 86 valence electrons. The number of carbonyl (C=O) groups excluding carboxylic acids is 2. The maximum Gasteiger partial charge on any atom is 0.316 e. The van der Waals surface area contributed by atoms with Crippen molar-refractivity contribution in [2.75, 3.05) is 7.11 Å². The highest BCUT2D eigenvalue weighted by Crippen LogP contribution is 2.19. The zero-order valence-corrected chi connectivity index (χ0v) is 9.95. The minimum Gasteiger partial charge on any atom is -0.468 e. The molecule has 0 aliphatic rings. The van der Waals surface area contributed by atoms with Crippen LogP contribution in [0.5, 0.6) is 0 Å². The predicted octanol–water partition coefficient (Wildman–Crippen LogP) is 2.26. The molecular weight excluding hydrogens is 228 g/mol. The molecule has 0 saturated carbocycles. The summed E-state index contributed by atoms with van der Waals surface area (Å²) in [6.07, 6.45) is 0.279. The second kappa shape index (κ2) is 5.66. The van der Waals surface area contributed by atoms with E-state index >= 15 is 0 Å². The molecule has 1 atom stereocenters. The van der Waals surface area contributed by atoms with Crippen molar-refractivity contribution < 1.29 is 14.3 Å². The van der Waals surface area contributed by atoms with Gasteiger partial charge in [0.05, 0.1) is 7.11 Å². The van der Waals surface area contributed by atoms with Gasteiger partial charge in [0.25, 0.3) is 0 Å². The average Bonchev–Trinajstić information content (AvgIpc) is 2.26. The molecule has 0 fully saturated rings. The highest BCUT2D eigenvalue weighted by molar-refractivity contribution is 6.31. The van der Waals surface area contributed by atoms with Crippen molar-refractivity contribution in [2.24, 2.45) is 5.92 Å². The number of esters is 1. The van der Waals surface area contributed by atoms with E-state index in [2.05, 4.69) is 4.74 Å². The normalized spacial score (nSPS) is 11.9. The van der Waals surface area contributed by atoms with E-state index in [1.165, 1.54) is 14.0 Å². The summed E-state index contributed by atoms with van der Waals surface area (Å²) in [5.41, 5.74) is 0.773. The largest absolute Gasteiger partial charge is 0.468 e. The second-order valence-electron chi connectivity index (χ2n) is 3.48. The summed E-state index contributed by atoms with van der Waals surface area (Å²) in [5, 5.41) is 0.553. The third-order valence-electron chi connectivity index (χ3n) is 2.36. The van der Waals surface area contributed by atoms with Crippen LogP contribution in [0.1, 0.15) is 12.5 Å². The lowest BCUT2D eigenvalue weighted by Gasteiger charge is -2.12. The number of methoxy groups -OCH3 is 1. The smallest absolute Gasteiger partial charge is 0.316 e. The van der Waals surface area contributed by atoms with E-state index in [0.717, 1.165) is 5.56 Å². The number of ketones is 1. The maximum absolute atomic E-state index is 11.4. The van der Waals surface area contributed by atoms with E-state index in [-0.39, 0.29) is 12.2 Å². The fourth-order valence-corrected chi connectivity index (χ4v) is 1.63. The van der Waals surface area contributed by atoms with E-state index in [1.54, 1.807) is 18.2 Å². The monoisotopic (exact) mass is 240 g/mol. The molecule has 1 aromatic carbocycles. The van der Waals surface area contributed by atoms with Crippen molar-refractivity contribution in [3.63, 3.8) is 0 Å². The van der Waals surface area contributed by atoms with Gasteiger partial charge in [-0.3, -0.25) is 9.59 Å². The van der Waals surface area contributed by atoms with Crippen LogP contribution in [0.15, 0.2) is 24.3 Å². The summed E-state index contributed by atoms with van der Waals surface area (Å²) in [7, 11) is 1.27. The number of ether oxygens (including phenoxy) is 1. The molecule has 0 amide bonds. The number of carbonyl (C=O) groups is 2. The molecule has 3 nitrogen and oxygen atoms in total. The highest BCUT2D eigenvalue weighted by atomic mass is 35.5. The van der Waals surface area contributed by atoms with Gasteiger partial charge >= 0.3 is 5.97 Å². The first-order chi connectivity index (χ1) is 7.56. The Bertz CT molecular complexity index is 401. The summed E-state index contributed by atoms with van der Waals surface area (Å²) in [5.74, 6) is -1.51. The van der Waals surface area contributed by atoms with Crippen LogP contribution in [0, 0.1) is 5.92 Å². The van der Waals surface area contributed by atoms with Gasteiger partial charge in [-0.15, -0.1) is 0 Å². The van der Waals surface area contributed by atoms with Crippen LogP contribution in [-0.2, 0) is 20.7 Å². The molecule has 1 unspecified atom stereocenters. The SMILES string of the molecule is COC(=O)C(Cc1ccccc1Cl)C(C)=O. The zero-order valence-electron chi connectivity index (χ0n) is 9.20. The summed E-state index contributed by atoms with van der Waals surface area (Å²) in [6.45, 7) is 1.37. The first-order valence-electron chi connectivity index (χ1n) is 4.88. The van der Waals surface area contributed by atoms with Gasteiger partial charge in [0.2, 0.25) is 0 Å². The van der Waals surface area contributed by atoms with Gasteiger partial charge in [-0.05, 0) is 25.0 Å². The Morgan fingerprint density at radius 2 is 2.00 bits per heavy atom. The zero-order chi connectivity index (χ0) is 12.1. The van der Waals surface area contributed by atoms with Crippen LogP contribution >= 0.6 is 11.6 Å². The van der Waals surface area contributed by atoms with Gasteiger partial charge in [0.15, 0.2) is 0 Å². The number of rotatable bonds is 4.